The molecule has 2 fully saturated rings. The maximum absolute atomic E-state index is 11.3. The molecule has 1 aliphatic heterocycles. The minimum atomic E-state index is -0.806. The van der Waals surface area contributed by atoms with Crippen molar-refractivity contribution in [3.63, 3.8) is 0 Å². The van der Waals surface area contributed by atoms with Crippen LogP contribution in [-0.4, -0.2) is 30.3 Å². The lowest BCUT2D eigenvalue weighted by atomic mass is 9.74. The van der Waals surface area contributed by atoms with Crippen molar-refractivity contribution < 1.29 is 14.6 Å². The molecule has 2 aliphatic rings. The maximum Gasteiger partial charge on any atom is 0.313 e. The maximum atomic E-state index is 11.3. The summed E-state index contributed by atoms with van der Waals surface area (Å²) >= 11 is 0. The lowest BCUT2D eigenvalue weighted by Gasteiger charge is -2.38. The van der Waals surface area contributed by atoms with Crippen molar-refractivity contribution in [1.82, 2.24) is 0 Å². The van der Waals surface area contributed by atoms with Crippen LogP contribution in [0.2, 0.25) is 0 Å². The highest BCUT2D eigenvalue weighted by atomic mass is 16.5. The monoisotopic (exact) mass is 199 g/mol. The fourth-order valence-corrected chi connectivity index (χ4v) is 2.20. The van der Waals surface area contributed by atoms with Gasteiger partial charge in [-0.1, -0.05) is 12.8 Å². The largest absolute Gasteiger partial charge is 0.481 e. The Morgan fingerprint density at radius 3 is 2.71 bits per heavy atom. The van der Waals surface area contributed by atoms with Gasteiger partial charge in [0.15, 0.2) is 0 Å². The van der Waals surface area contributed by atoms with Crippen molar-refractivity contribution >= 4 is 5.97 Å². The van der Waals surface area contributed by atoms with Crippen molar-refractivity contribution in [2.45, 2.75) is 31.7 Å². The molecule has 1 saturated carbocycles. The van der Waals surface area contributed by atoms with E-state index in [9.17, 15) is 9.90 Å². The first-order valence-electron chi connectivity index (χ1n) is 5.22. The topological polar surface area (TPSA) is 72.5 Å². The molecular formula is C10H17NO3. The third kappa shape index (κ3) is 1.64. The van der Waals surface area contributed by atoms with Gasteiger partial charge in [-0.3, -0.25) is 4.79 Å². The normalized spacial score (nSPS) is 38.2. The molecule has 0 amide bonds. The van der Waals surface area contributed by atoms with Crippen molar-refractivity contribution in [2.75, 3.05) is 13.2 Å². The number of carbonyl (C=O) groups is 1. The van der Waals surface area contributed by atoms with Gasteiger partial charge in [0.1, 0.15) is 5.41 Å². The number of hydrogen-bond donors (Lipinski definition) is 2. The summed E-state index contributed by atoms with van der Waals surface area (Å²) in [7, 11) is 0. The van der Waals surface area contributed by atoms with Gasteiger partial charge in [-0.15, -0.1) is 0 Å². The zero-order chi connectivity index (χ0) is 10.2. The van der Waals surface area contributed by atoms with Crippen molar-refractivity contribution in [2.24, 2.45) is 17.1 Å². The average molecular weight is 199 g/mol. The van der Waals surface area contributed by atoms with E-state index < -0.39 is 11.4 Å². The first-order chi connectivity index (χ1) is 6.65. The summed E-state index contributed by atoms with van der Waals surface area (Å²) in [6, 6.07) is -0.241. The number of aliphatic carboxylic acids is 1. The first-order valence-corrected chi connectivity index (χ1v) is 5.22. The Bertz CT molecular complexity index is 240. The molecule has 3 N–H and O–H groups in total. The van der Waals surface area contributed by atoms with E-state index in [-0.39, 0.29) is 6.04 Å². The van der Waals surface area contributed by atoms with Crippen LogP contribution in [0.3, 0.4) is 0 Å². The highest BCUT2D eigenvalue weighted by Crippen LogP contribution is 2.43. The Balaban J connectivity index is 2.13. The zero-order valence-corrected chi connectivity index (χ0v) is 8.24. The highest BCUT2D eigenvalue weighted by molar-refractivity contribution is 5.76. The van der Waals surface area contributed by atoms with Gasteiger partial charge < -0.3 is 15.6 Å². The SMILES string of the molecule is NC1CCOCC1(CC1CC1)C(=O)O. The molecular weight excluding hydrogens is 182 g/mol. The molecule has 2 atom stereocenters. The zero-order valence-electron chi connectivity index (χ0n) is 8.24. The summed E-state index contributed by atoms with van der Waals surface area (Å²) in [5, 5.41) is 9.28. The lowest BCUT2D eigenvalue weighted by molar-refractivity contribution is -0.160. The van der Waals surface area contributed by atoms with E-state index in [1.54, 1.807) is 0 Å². The fourth-order valence-electron chi connectivity index (χ4n) is 2.20. The van der Waals surface area contributed by atoms with Crippen LogP contribution in [-0.2, 0) is 9.53 Å². The predicted octanol–water partition coefficient (Wildman–Crippen LogP) is 0.605. The second-order valence-corrected chi connectivity index (χ2v) is 4.56. The van der Waals surface area contributed by atoms with Crippen LogP contribution >= 0.6 is 0 Å². The van der Waals surface area contributed by atoms with Gasteiger partial charge in [0.05, 0.1) is 6.61 Å². The van der Waals surface area contributed by atoms with E-state index in [0.717, 1.165) is 12.8 Å². The first kappa shape index (κ1) is 9.93. The molecule has 0 spiro atoms. The molecule has 80 valence electrons. The van der Waals surface area contributed by atoms with Gasteiger partial charge in [-0.25, -0.2) is 0 Å². The molecule has 1 saturated heterocycles. The number of rotatable bonds is 3. The lowest BCUT2D eigenvalue weighted by Crippen LogP contribution is -2.54. The second kappa shape index (κ2) is 3.51. The Labute approximate surface area is 83.4 Å². The molecule has 0 radical (unpaired) electrons. The van der Waals surface area contributed by atoms with Gasteiger partial charge in [0.25, 0.3) is 0 Å². The second-order valence-electron chi connectivity index (χ2n) is 4.56. The van der Waals surface area contributed by atoms with Crippen LogP contribution in [0.1, 0.15) is 25.7 Å². The molecule has 4 heteroatoms. The van der Waals surface area contributed by atoms with Gasteiger partial charge in [-0.2, -0.15) is 0 Å². The minimum Gasteiger partial charge on any atom is -0.481 e. The van der Waals surface area contributed by atoms with Crippen molar-refractivity contribution in [3.8, 4) is 0 Å². The quantitative estimate of drug-likeness (QED) is 0.698. The smallest absolute Gasteiger partial charge is 0.313 e. The number of carboxylic acids is 1. The Morgan fingerprint density at radius 2 is 2.21 bits per heavy atom. The molecule has 2 rings (SSSR count). The average Bonchev–Trinajstić information content (AvgIpc) is 2.92. The van der Waals surface area contributed by atoms with Crippen molar-refractivity contribution in [1.29, 1.82) is 0 Å². The van der Waals surface area contributed by atoms with Crippen LogP contribution in [0.5, 0.6) is 0 Å². The summed E-state index contributed by atoms with van der Waals surface area (Å²) in [6.07, 6.45) is 3.67. The molecule has 1 aliphatic carbocycles. The summed E-state index contributed by atoms with van der Waals surface area (Å²) in [4.78, 5) is 11.3. The molecule has 2 unspecified atom stereocenters. The summed E-state index contributed by atoms with van der Waals surface area (Å²) in [5.74, 6) is -0.213. The van der Waals surface area contributed by atoms with Crippen LogP contribution in [0, 0.1) is 11.3 Å². The summed E-state index contributed by atoms with van der Waals surface area (Å²) in [5.41, 5.74) is 5.12. The minimum absolute atomic E-state index is 0.241. The Hall–Kier alpha value is -0.610. The van der Waals surface area contributed by atoms with Crippen LogP contribution in [0.4, 0.5) is 0 Å². The third-order valence-electron chi connectivity index (χ3n) is 3.42. The van der Waals surface area contributed by atoms with Gasteiger partial charge in [0, 0.05) is 12.6 Å². The van der Waals surface area contributed by atoms with Crippen LogP contribution in [0.25, 0.3) is 0 Å². The number of nitrogens with two attached hydrogens (primary N) is 1. The number of carboxylic acid groups (broad SMARTS) is 1. The molecule has 0 aromatic rings. The number of ether oxygens (including phenoxy) is 1. The third-order valence-corrected chi connectivity index (χ3v) is 3.42. The molecule has 4 nitrogen and oxygen atoms in total. The van der Waals surface area contributed by atoms with Gasteiger partial charge >= 0.3 is 5.97 Å². The van der Waals surface area contributed by atoms with Crippen LogP contribution < -0.4 is 5.73 Å². The number of hydrogen-bond acceptors (Lipinski definition) is 3. The highest BCUT2D eigenvalue weighted by Gasteiger charge is 2.49. The molecule has 14 heavy (non-hydrogen) atoms. The Morgan fingerprint density at radius 1 is 1.50 bits per heavy atom. The summed E-state index contributed by atoms with van der Waals surface area (Å²) < 4.78 is 5.28. The van der Waals surface area contributed by atoms with Crippen LogP contribution in [0.15, 0.2) is 0 Å². The predicted molar refractivity (Wildman–Crippen MR) is 50.8 cm³/mol. The van der Waals surface area contributed by atoms with Crippen molar-refractivity contribution in [3.05, 3.63) is 0 Å². The van der Waals surface area contributed by atoms with Gasteiger partial charge in [-0.05, 0) is 18.8 Å². The van der Waals surface area contributed by atoms with E-state index in [1.165, 1.54) is 0 Å². The van der Waals surface area contributed by atoms with E-state index in [0.29, 0.717) is 32.0 Å². The molecule has 1 heterocycles. The Kier molecular flexibility index (Phi) is 2.49. The molecule has 0 aromatic heterocycles. The molecule has 0 aromatic carbocycles. The van der Waals surface area contributed by atoms with E-state index in [1.807, 2.05) is 0 Å². The van der Waals surface area contributed by atoms with Gasteiger partial charge in [0.2, 0.25) is 0 Å². The summed E-state index contributed by atoms with van der Waals surface area (Å²) in [6.45, 7) is 0.890. The molecule has 0 bridgehead atoms. The van der Waals surface area contributed by atoms with E-state index in [4.69, 9.17) is 10.5 Å². The van der Waals surface area contributed by atoms with E-state index >= 15 is 0 Å². The van der Waals surface area contributed by atoms with E-state index in [2.05, 4.69) is 0 Å². The standard InChI is InChI=1S/C10H17NO3/c11-8-3-4-14-6-10(8,9(12)13)5-7-1-2-7/h7-8H,1-6,11H2,(H,12,13). The fraction of sp³-hybridized carbons (Fsp3) is 0.900.